The van der Waals surface area contributed by atoms with Gasteiger partial charge in [-0.2, -0.15) is 0 Å². The molecule has 1 aliphatic rings. The summed E-state index contributed by atoms with van der Waals surface area (Å²) in [5, 5.41) is 10.9. The molecule has 0 amide bonds. The van der Waals surface area contributed by atoms with Crippen LogP contribution in [0.25, 0.3) is 10.8 Å². The topological polar surface area (TPSA) is 113 Å². The molecule has 3 aromatic rings. The zero-order chi connectivity index (χ0) is 19.1. The third kappa shape index (κ3) is 2.81. The van der Waals surface area contributed by atoms with Crippen molar-refractivity contribution in [3.63, 3.8) is 0 Å². The molecule has 0 spiro atoms. The zero-order valence-electron chi connectivity index (χ0n) is 14.0. The van der Waals surface area contributed by atoms with E-state index >= 15 is 0 Å². The fourth-order valence-corrected chi connectivity index (χ4v) is 4.07. The number of aryl methyl sites for hydroxylation is 1. The summed E-state index contributed by atoms with van der Waals surface area (Å²) in [6, 6.07) is 11.4. The maximum Gasteiger partial charge on any atom is 0.326 e. The van der Waals surface area contributed by atoms with Gasteiger partial charge in [-0.3, -0.25) is 13.9 Å². The number of carboxylic acids is 1. The number of fused-ring (bicyclic) bond motifs is 2. The van der Waals surface area contributed by atoms with Crippen LogP contribution in [-0.4, -0.2) is 29.4 Å². The van der Waals surface area contributed by atoms with Gasteiger partial charge in [-0.15, -0.1) is 0 Å². The maximum atomic E-state index is 13.0. The number of rotatable bonds is 4. The van der Waals surface area contributed by atoms with E-state index in [1.165, 1.54) is 6.20 Å². The summed E-state index contributed by atoms with van der Waals surface area (Å²) in [5.74, 6) is -0.769. The van der Waals surface area contributed by atoms with Crippen LogP contribution in [0.4, 0.5) is 11.4 Å². The predicted octanol–water partition coefficient (Wildman–Crippen LogP) is 2.24. The van der Waals surface area contributed by atoms with E-state index in [0.717, 1.165) is 14.3 Å². The highest BCUT2D eigenvalue weighted by Crippen LogP contribution is 2.32. The number of benzene rings is 2. The summed E-state index contributed by atoms with van der Waals surface area (Å²) in [6.07, 6.45) is 1.86. The van der Waals surface area contributed by atoms with E-state index in [0.29, 0.717) is 23.3 Å². The van der Waals surface area contributed by atoms with Crippen molar-refractivity contribution >= 4 is 39.4 Å². The number of hydrogen-bond acceptors (Lipinski definition) is 4. The minimum Gasteiger partial charge on any atom is -0.480 e. The number of aliphatic carboxylic acids is 1. The quantitative estimate of drug-likeness (QED) is 0.666. The minimum absolute atomic E-state index is 0.149. The lowest BCUT2D eigenvalue weighted by Gasteiger charge is -2.22. The first-order valence-electron chi connectivity index (χ1n) is 8.21. The van der Waals surface area contributed by atoms with Gasteiger partial charge >= 0.3 is 5.97 Å². The van der Waals surface area contributed by atoms with Gasteiger partial charge in [0.1, 0.15) is 17.6 Å². The van der Waals surface area contributed by atoms with Crippen LogP contribution in [-0.2, 0) is 22.5 Å². The number of carboxylic acid groups (broad SMARTS) is 1. The van der Waals surface area contributed by atoms with Crippen LogP contribution in [0.3, 0.4) is 0 Å². The average Bonchev–Trinajstić information content (AvgIpc) is 3.09. The first-order chi connectivity index (χ1) is 13.0. The summed E-state index contributed by atoms with van der Waals surface area (Å²) in [7, 11) is 0. The molecule has 0 fully saturated rings. The lowest BCUT2D eigenvalue weighted by atomic mass is 10.1. The molecule has 0 saturated carbocycles. The molecule has 1 aliphatic heterocycles. The molecule has 4 rings (SSSR count). The molecule has 2 heterocycles. The van der Waals surface area contributed by atoms with E-state index in [2.05, 4.69) is 4.98 Å². The normalized spacial score (nSPS) is 16.9. The van der Waals surface area contributed by atoms with E-state index in [9.17, 15) is 23.5 Å². The Morgan fingerprint density at radius 3 is 2.67 bits per heavy atom. The Labute approximate surface area is 156 Å². The number of anilines is 2. The molecule has 2 aromatic carbocycles. The van der Waals surface area contributed by atoms with Crippen molar-refractivity contribution in [3.8, 4) is 0 Å². The Morgan fingerprint density at radius 1 is 1.19 bits per heavy atom. The van der Waals surface area contributed by atoms with Gasteiger partial charge in [0.25, 0.3) is 16.8 Å². The van der Waals surface area contributed by atoms with Crippen LogP contribution in [0, 0.1) is 0 Å². The molecule has 0 saturated heterocycles. The molecule has 9 heteroatoms. The molecule has 2 unspecified atom stereocenters. The highest BCUT2D eigenvalue weighted by molar-refractivity contribution is 7.81. The van der Waals surface area contributed by atoms with Crippen molar-refractivity contribution in [2.45, 2.75) is 18.9 Å². The van der Waals surface area contributed by atoms with Gasteiger partial charge in [0, 0.05) is 11.8 Å². The fraction of sp³-hybridized carbons (Fsp3) is 0.167. The van der Waals surface area contributed by atoms with Crippen LogP contribution >= 0.6 is 0 Å². The predicted molar refractivity (Wildman–Crippen MR) is 100 cm³/mol. The van der Waals surface area contributed by atoms with Gasteiger partial charge in [-0.05, 0) is 17.9 Å². The first-order valence-corrected chi connectivity index (χ1v) is 9.27. The van der Waals surface area contributed by atoms with E-state index < -0.39 is 28.8 Å². The van der Waals surface area contributed by atoms with Gasteiger partial charge in [0.2, 0.25) is 0 Å². The Bertz CT molecular complexity index is 1140. The van der Waals surface area contributed by atoms with Crippen molar-refractivity contribution in [3.05, 3.63) is 64.8 Å². The van der Waals surface area contributed by atoms with Crippen LogP contribution < -0.4 is 9.86 Å². The van der Waals surface area contributed by atoms with Crippen molar-refractivity contribution in [2.75, 3.05) is 4.31 Å². The smallest absolute Gasteiger partial charge is 0.326 e. The summed E-state index contributed by atoms with van der Waals surface area (Å²) in [4.78, 5) is 28.6. The zero-order valence-corrected chi connectivity index (χ0v) is 14.8. The Morgan fingerprint density at radius 2 is 1.93 bits per heavy atom. The monoisotopic (exact) mass is 385 g/mol. The fourth-order valence-electron chi connectivity index (χ4n) is 3.45. The molecule has 0 aliphatic carbocycles. The van der Waals surface area contributed by atoms with E-state index in [4.69, 9.17) is 0 Å². The van der Waals surface area contributed by atoms with Gasteiger partial charge < -0.3 is 5.11 Å². The number of carbonyl (C=O) groups is 1. The average molecular weight is 385 g/mol. The Balaban J connectivity index is 1.95. The number of nitrogens with zero attached hydrogens (tertiary/aromatic N) is 3. The van der Waals surface area contributed by atoms with Crippen LogP contribution in [0.5, 0.6) is 0 Å². The molecular formula is C18H15N3O5S. The third-order valence-electron chi connectivity index (χ3n) is 4.65. The van der Waals surface area contributed by atoms with Crippen LogP contribution in [0.15, 0.2) is 53.5 Å². The first kappa shape index (κ1) is 17.4. The SMILES string of the molecule is O=C(O)C1CCc2ncc(N(c3cccc4ccccc34)S(=O)O)c(=O)n21. The Kier molecular flexibility index (Phi) is 4.25. The number of hydrogen-bond donors (Lipinski definition) is 2. The van der Waals surface area contributed by atoms with Gasteiger partial charge in [0.05, 0.1) is 11.9 Å². The van der Waals surface area contributed by atoms with E-state index in [1.54, 1.807) is 24.3 Å². The molecular weight excluding hydrogens is 370 g/mol. The van der Waals surface area contributed by atoms with Crippen molar-refractivity contribution in [1.82, 2.24) is 9.55 Å². The van der Waals surface area contributed by atoms with Gasteiger partial charge in [0.15, 0.2) is 0 Å². The summed E-state index contributed by atoms with van der Waals surface area (Å²) >= 11 is -2.56. The molecule has 8 nitrogen and oxygen atoms in total. The van der Waals surface area contributed by atoms with Crippen LogP contribution in [0.1, 0.15) is 18.3 Å². The molecule has 0 radical (unpaired) electrons. The van der Waals surface area contributed by atoms with Gasteiger partial charge in [-0.1, -0.05) is 36.4 Å². The lowest BCUT2D eigenvalue weighted by molar-refractivity contribution is -0.140. The second-order valence-corrected chi connectivity index (χ2v) is 6.98. The maximum absolute atomic E-state index is 13.0. The molecule has 1 aromatic heterocycles. The Hall–Kier alpha value is -3.04. The summed E-state index contributed by atoms with van der Waals surface area (Å²) in [5.41, 5.74) is -0.442. The molecule has 138 valence electrons. The van der Waals surface area contributed by atoms with E-state index in [-0.39, 0.29) is 12.1 Å². The lowest BCUT2D eigenvalue weighted by Crippen LogP contribution is -2.34. The molecule has 2 N–H and O–H groups in total. The molecule has 27 heavy (non-hydrogen) atoms. The molecule has 2 atom stereocenters. The van der Waals surface area contributed by atoms with Crippen molar-refractivity contribution in [2.24, 2.45) is 0 Å². The third-order valence-corrected chi connectivity index (χ3v) is 5.36. The minimum atomic E-state index is -2.56. The standard InChI is InChI=1S/C18H15N3O5S/c22-17-15(10-19-16-9-8-14(18(23)24)20(16)17)21(27(25)26)13-7-3-5-11-4-1-2-6-12(11)13/h1-7,10,14H,8-9H2,(H,23,24)(H,25,26). The van der Waals surface area contributed by atoms with Gasteiger partial charge in [-0.25, -0.2) is 18.3 Å². The highest BCUT2D eigenvalue weighted by Gasteiger charge is 2.33. The van der Waals surface area contributed by atoms with Crippen LogP contribution in [0.2, 0.25) is 0 Å². The summed E-state index contributed by atoms with van der Waals surface area (Å²) < 4.78 is 24.2. The van der Waals surface area contributed by atoms with Crippen molar-refractivity contribution in [1.29, 1.82) is 0 Å². The largest absolute Gasteiger partial charge is 0.480 e. The van der Waals surface area contributed by atoms with Crippen molar-refractivity contribution < 1.29 is 18.7 Å². The van der Waals surface area contributed by atoms with E-state index in [1.807, 2.05) is 18.2 Å². The highest BCUT2D eigenvalue weighted by atomic mass is 32.2. The summed E-state index contributed by atoms with van der Waals surface area (Å²) in [6.45, 7) is 0. The number of aromatic nitrogens is 2. The second-order valence-electron chi connectivity index (χ2n) is 6.15. The second kappa shape index (κ2) is 6.60. The molecule has 0 bridgehead atoms.